The van der Waals surface area contributed by atoms with Gasteiger partial charge in [0.2, 0.25) is 0 Å². The number of aromatic hydroxyl groups is 1. The standard InChI is InChI=1S/C27H31NO6/c1-17(2)34-25-16-21(8-13-24(25)27(31)32)19-6-11-23(12-7-19)33-15-14-28-18(3)26(30)20-4-9-22(29)10-5-20/h4-13,16-18,26,28-30H,14-15H2,1-3H3,(H,31,32)/t18-,26-/m0/s1. The average molecular weight is 466 g/mol. The predicted octanol–water partition coefficient (Wildman–Crippen LogP) is 4.64. The van der Waals surface area contributed by atoms with Crippen molar-refractivity contribution in [2.24, 2.45) is 0 Å². The Hall–Kier alpha value is -3.55. The summed E-state index contributed by atoms with van der Waals surface area (Å²) in [5, 5.41) is 32.4. The number of ether oxygens (including phenoxy) is 2. The van der Waals surface area contributed by atoms with Crippen molar-refractivity contribution in [1.29, 1.82) is 0 Å². The zero-order valence-electron chi connectivity index (χ0n) is 19.6. The van der Waals surface area contributed by atoms with Crippen LogP contribution in [0.3, 0.4) is 0 Å². The van der Waals surface area contributed by atoms with Crippen LogP contribution in [0.15, 0.2) is 66.7 Å². The summed E-state index contributed by atoms with van der Waals surface area (Å²) in [6.07, 6.45) is -0.834. The maximum atomic E-state index is 11.5. The Morgan fingerprint density at radius 1 is 0.941 bits per heavy atom. The topological polar surface area (TPSA) is 108 Å². The molecule has 180 valence electrons. The highest BCUT2D eigenvalue weighted by Crippen LogP contribution is 2.29. The Labute approximate surface area is 199 Å². The van der Waals surface area contributed by atoms with E-state index in [1.807, 2.05) is 45.0 Å². The fourth-order valence-electron chi connectivity index (χ4n) is 3.50. The normalized spacial score (nSPS) is 12.9. The van der Waals surface area contributed by atoms with Crippen molar-refractivity contribution >= 4 is 5.97 Å². The molecule has 0 radical (unpaired) electrons. The lowest BCUT2D eigenvalue weighted by molar-refractivity contribution is 0.0690. The highest BCUT2D eigenvalue weighted by Gasteiger charge is 2.16. The van der Waals surface area contributed by atoms with E-state index in [1.54, 1.807) is 42.5 Å². The lowest BCUT2D eigenvalue weighted by Gasteiger charge is -2.21. The molecule has 0 amide bonds. The van der Waals surface area contributed by atoms with Crippen LogP contribution in [0.5, 0.6) is 17.2 Å². The molecule has 0 aliphatic rings. The molecule has 3 rings (SSSR count). The average Bonchev–Trinajstić information content (AvgIpc) is 2.81. The van der Waals surface area contributed by atoms with Crippen LogP contribution >= 0.6 is 0 Å². The molecule has 2 atom stereocenters. The van der Waals surface area contributed by atoms with Crippen LogP contribution in [-0.2, 0) is 0 Å². The summed E-state index contributed by atoms with van der Waals surface area (Å²) >= 11 is 0. The smallest absolute Gasteiger partial charge is 0.339 e. The van der Waals surface area contributed by atoms with Crippen molar-refractivity contribution in [2.45, 2.75) is 39.0 Å². The molecule has 0 aliphatic carbocycles. The minimum Gasteiger partial charge on any atom is -0.508 e. The van der Waals surface area contributed by atoms with E-state index < -0.39 is 12.1 Å². The Morgan fingerprint density at radius 3 is 2.21 bits per heavy atom. The van der Waals surface area contributed by atoms with Gasteiger partial charge in [-0.25, -0.2) is 4.79 Å². The number of rotatable bonds is 11. The van der Waals surface area contributed by atoms with Crippen LogP contribution in [0.25, 0.3) is 11.1 Å². The number of phenolic OH excluding ortho intramolecular Hbond substituents is 1. The van der Waals surface area contributed by atoms with Crippen molar-refractivity contribution < 1.29 is 29.6 Å². The number of hydrogen-bond donors (Lipinski definition) is 4. The molecule has 4 N–H and O–H groups in total. The second-order valence-corrected chi connectivity index (χ2v) is 8.33. The van der Waals surface area contributed by atoms with Crippen molar-refractivity contribution in [2.75, 3.05) is 13.2 Å². The Kier molecular flexibility index (Phi) is 8.51. The minimum atomic E-state index is -1.02. The van der Waals surface area contributed by atoms with Gasteiger partial charge in [0.05, 0.1) is 12.2 Å². The van der Waals surface area contributed by atoms with Crippen molar-refractivity contribution in [3.8, 4) is 28.4 Å². The Balaban J connectivity index is 1.54. The second kappa shape index (κ2) is 11.5. The number of carboxylic acid groups (broad SMARTS) is 1. The van der Waals surface area contributed by atoms with Gasteiger partial charge in [-0.1, -0.05) is 30.3 Å². The van der Waals surface area contributed by atoms with E-state index in [9.17, 15) is 20.1 Å². The zero-order valence-corrected chi connectivity index (χ0v) is 19.6. The zero-order chi connectivity index (χ0) is 24.7. The molecule has 0 saturated carbocycles. The quantitative estimate of drug-likeness (QED) is 0.306. The lowest BCUT2D eigenvalue weighted by Crippen LogP contribution is -2.35. The van der Waals surface area contributed by atoms with Gasteiger partial charge in [-0.15, -0.1) is 0 Å². The molecule has 3 aromatic carbocycles. The number of nitrogens with one attached hydrogen (secondary N) is 1. The van der Waals surface area contributed by atoms with Gasteiger partial charge in [0, 0.05) is 12.6 Å². The minimum absolute atomic E-state index is 0.134. The number of aliphatic hydroxyl groups is 1. The van der Waals surface area contributed by atoms with Gasteiger partial charge >= 0.3 is 5.97 Å². The summed E-state index contributed by atoms with van der Waals surface area (Å²) < 4.78 is 11.5. The summed E-state index contributed by atoms with van der Waals surface area (Å²) in [5.74, 6) is 0.190. The van der Waals surface area contributed by atoms with Gasteiger partial charge in [0.1, 0.15) is 29.4 Å². The number of aromatic carboxylic acids is 1. The maximum Gasteiger partial charge on any atom is 0.339 e. The van der Waals surface area contributed by atoms with E-state index in [1.165, 1.54) is 0 Å². The van der Waals surface area contributed by atoms with E-state index >= 15 is 0 Å². The van der Waals surface area contributed by atoms with Crippen LogP contribution < -0.4 is 14.8 Å². The van der Waals surface area contributed by atoms with Gasteiger partial charge in [-0.05, 0) is 73.9 Å². The summed E-state index contributed by atoms with van der Waals surface area (Å²) in [6, 6.07) is 18.9. The van der Waals surface area contributed by atoms with Crippen LogP contribution in [0.4, 0.5) is 0 Å². The van der Waals surface area contributed by atoms with Gasteiger partial charge < -0.3 is 30.1 Å². The van der Waals surface area contributed by atoms with Crippen molar-refractivity contribution in [3.05, 3.63) is 77.9 Å². The van der Waals surface area contributed by atoms with Crippen LogP contribution in [0.1, 0.15) is 42.8 Å². The third kappa shape index (κ3) is 6.73. The Morgan fingerprint density at radius 2 is 1.59 bits per heavy atom. The highest BCUT2D eigenvalue weighted by molar-refractivity contribution is 5.92. The molecule has 7 heteroatoms. The molecule has 0 aromatic heterocycles. The fourth-order valence-corrected chi connectivity index (χ4v) is 3.50. The molecule has 0 saturated heterocycles. The molecule has 0 fully saturated rings. The second-order valence-electron chi connectivity index (χ2n) is 8.33. The first-order valence-corrected chi connectivity index (χ1v) is 11.2. The van der Waals surface area contributed by atoms with E-state index in [0.29, 0.717) is 24.7 Å². The van der Waals surface area contributed by atoms with Crippen LogP contribution in [0.2, 0.25) is 0 Å². The molecule has 34 heavy (non-hydrogen) atoms. The van der Waals surface area contributed by atoms with Crippen LogP contribution in [0, 0.1) is 0 Å². The van der Waals surface area contributed by atoms with Crippen LogP contribution in [-0.4, -0.2) is 46.6 Å². The first-order chi connectivity index (χ1) is 16.2. The highest BCUT2D eigenvalue weighted by atomic mass is 16.5. The van der Waals surface area contributed by atoms with Gasteiger partial charge in [0.25, 0.3) is 0 Å². The molecule has 0 aliphatic heterocycles. The molecule has 3 aromatic rings. The van der Waals surface area contributed by atoms with Crippen molar-refractivity contribution in [3.63, 3.8) is 0 Å². The lowest BCUT2D eigenvalue weighted by atomic mass is 10.0. The Bertz CT molecular complexity index is 1080. The largest absolute Gasteiger partial charge is 0.508 e. The number of aliphatic hydroxyl groups excluding tert-OH is 1. The third-order valence-corrected chi connectivity index (χ3v) is 5.31. The van der Waals surface area contributed by atoms with Gasteiger partial charge in [-0.3, -0.25) is 0 Å². The first kappa shape index (κ1) is 25.1. The number of hydrogen-bond acceptors (Lipinski definition) is 6. The van der Waals surface area contributed by atoms with E-state index in [-0.39, 0.29) is 23.5 Å². The first-order valence-electron chi connectivity index (χ1n) is 11.2. The summed E-state index contributed by atoms with van der Waals surface area (Å²) in [6.45, 7) is 6.57. The molecular formula is C27H31NO6. The maximum absolute atomic E-state index is 11.5. The van der Waals surface area contributed by atoms with Crippen molar-refractivity contribution in [1.82, 2.24) is 5.32 Å². The number of phenols is 1. The fraction of sp³-hybridized carbons (Fsp3) is 0.296. The van der Waals surface area contributed by atoms with E-state index in [0.717, 1.165) is 16.7 Å². The molecule has 0 heterocycles. The van der Waals surface area contributed by atoms with E-state index in [2.05, 4.69) is 5.32 Å². The molecule has 0 spiro atoms. The molecule has 0 unspecified atom stereocenters. The number of benzene rings is 3. The summed E-state index contributed by atoms with van der Waals surface area (Å²) in [5.41, 5.74) is 2.63. The third-order valence-electron chi connectivity index (χ3n) is 5.31. The van der Waals surface area contributed by atoms with Gasteiger partial charge in [-0.2, -0.15) is 0 Å². The summed E-state index contributed by atoms with van der Waals surface area (Å²) in [4.78, 5) is 11.5. The van der Waals surface area contributed by atoms with E-state index in [4.69, 9.17) is 9.47 Å². The monoisotopic (exact) mass is 465 g/mol. The number of carboxylic acids is 1. The van der Waals surface area contributed by atoms with Gasteiger partial charge in [0.15, 0.2) is 0 Å². The molecule has 7 nitrogen and oxygen atoms in total. The molecular weight excluding hydrogens is 434 g/mol. The molecule has 0 bridgehead atoms. The number of carbonyl (C=O) groups is 1. The SMILES string of the molecule is CC(C)Oc1cc(-c2ccc(OCCN[C@@H](C)[C@H](O)c3ccc(O)cc3)cc2)ccc1C(=O)O. The summed E-state index contributed by atoms with van der Waals surface area (Å²) in [7, 11) is 0. The predicted molar refractivity (Wildman–Crippen MR) is 131 cm³/mol.